The van der Waals surface area contributed by atoms with Crippen LogP contribution in [-0.2, 0) is 26.2 Å². The summed E-state index contributed by atoms with van der Waals surface area (Å²) >= 11 is 0. The van der Waals surface area contributed by atoms with E-state index in [1.54, 1.807) is 18.2 Å². The zero-order valence-electron chi connectivity index (χ0n) is 20.6. The van der Waals surface area contributed by atoms with Crippen molar-refractivity contribution >= 4 is 27.5 Å². The molecule has 2 amide bonds. The first-order chi connectivity index (χ1) is 16.7. The Balaban J connectivity index is 1.97. The lowest BCUT2D eigenvalue weighted by molar-refractivity contribution is -0.140. The van der Waals surface area contributed by atoms with Gasteiger partial charge in [0.05, 0.1) is 11.4 Å². The third-order valence-corrected chi connectivity index (χ3v) is 7.64. The Labute approximate surface area is 207 Å². The number of hydrogen-bond donors (Lipinski definition) is 1. The average molecular weight is 504 g/mol. The number of hydrogen-bond acceptors (Lipinski definition) is 6. The van der Waals surface area contributed by atoms with Crippen LogP contribution in [0.2, 0.25) is 0 Å². The van der Waals surface area contributed by atoms with E-state index >= 15 is 0 Å². The molecule has 0 bridgehead atoms. The molecule has 0 fully saturated rings. The van der Waals surface area contributed by atoms with Gasteiger partial charge in [0.2, 0.25) is 21.8 Å². The Hall–Kier alpha value is -3.27. The standard InChI is InChI=1S/C25H33N3O6S/c1-5-21(25(30)26-4)27(16-19-9-7-18(3)8-10-19)24(29)17-28(35(31,32)6-2)20-11-12-22-23(15-20)34-14-13-33-22/h7-12,15,21H,5-6,13-14,16-17H2,1-4H3,(H,26,30)/t21-/m1/s1. The quantitative estimate of drug-likeness (QED) is 0.534. The molecule has 0 saturated heterocycles. The van der Waals surface area contributed by atoms with Crippen molar-refractivity contribution in [3.8, 4) is 11.5 Å². The average Bonchev–Trinajstić information content (AvgIpc) is 2.87. The first-order valence-electron chi connectivity index (χ1n) is 11.7. The second kappa shape index (κ2) is 11.4. The van der Waals surface area contributed by atoms with Gasteiger partial charge in [-0.05, 0) is 38.0 Å². The van der Waals surface area contributed by atoms with E-state index in [0.29, 0.717) is 36.8 Å². The Bertz CT molecular complexity index is 1150. The van der Waals surface area contributed by atoms with Gasteiger partial charge in [-0.25, -0.2) is 8.42 Å². The molecule has 9 nitrogen and oxygen atoms in total. The number of sulfonamides is 1. The molecule has 0 unspecified atom stereocenters. The Morgan fingerprint density at radius 1 is 1.03 bits per heavy atom. The summed E-state index contributed by atoms with van der Waals surface area (Å²) in [7, 11) is -2.30. The van der Waals surface area contributed by atoms with E-state index in [1.807, 2.05) is 38.1 Å². The molecule has 0 aromatic heterocycles. The number of nitrogens with one attached hydrogen (secondary N) is 1. The number of rotatable bonds is 10. The maximum absolute atomic E-state index is 13.7. The predicted octanol–water partition coefficient (Wildman–Crippen LogP) is 2.48. The van der Waals surface area contributed by atoms with Crippen LogP contribution < -0.4 is 19.1 Å². The number of ether oxygens (including phenoxy) is 2. The van der Waals surface area contributed by atoms with Crippen molar-refractivity contribution in [2.75, 3.05) is 36.9 Å². The smallest absolute Gasteiger partial charge is 0.244 e. The number of carbonyl (C=O) groups is 2. The number of aryl methyl sites for hydroxylation is 1. The first kappa shape index (κ1) is 26.3. The van der Waals surface area contributed by atoms with Gasteiger partial charge in [0.15, 0.2) is 11.5 Å². The zero-order valence-corrected chi connectivity index (χ0v) is 21.4. The van der Waals surface area contributed by atoms with Crippen LogP contribution in [0.15, 0.2) is 42.5 Å². The maximum atomic E-state index is 13.7. The van der Waals surface area contributed by atoms with Gasteiger partial charge in [0.1, 0.15) is 25.8 Å². The van der Waals surface area contributed by atoms with Crippen LogP contribution in [0.5, 0.6) is 11.5 Å². The van der Waals surface area contributed by atoms with E-state index in [2.05, 4.69) is 5.32 Å². The summed E-state index contributed by atoms with van der Waals surface area (Å²) in [6.45, 7) is 5.79. The fraction of sp³-hybridized carbons (Fsp3) is 0.440. The summed E-state index contributed by atoms with van der Waals surface area (Å²) in [6, 6.07) is 11.7. The van der Waals surface area contributed by atoms with E-state index in [0.717, 1.165) is 15.4 Å². The van der Waals surface area contributed by atoms with Crippen LogP contribution in [0.1, 0.15) is 31.4 Å². The molecule has 3 rings (SSSR count). The normalized spacial score (nSPS) is 13.6. The van der Waals surface area contributed by atoms with Gasteiger partial charge in [-0.3, -0.25) is 13.9 Å². The lowest BCUT2D eigenvalue weighted by Gasteiger charge is -2.33. The maximum Gasteiger partial charge on any atom is 0.244 e. The molecule has 2 aromatic rings. The van der Waals surface area contributed by atoms with E-state index in [-0.39, 0.29) is 18.2 Å². The summed E-state index contributed by atoms with van der Waals surface area (Å²) in [4.78, 5) is 27.7. The fourth-order valence-electron chi connectivity index (χ4n) is 3.88. The van der Waals surface area contributed by atoms with E-state index in [9.17, 15) is 18.0 Å². The number of benzene rings is 2. The van der Waals surface area contributed by atoms with Crippen LogP contribution in [-0.4, -0.2) is 63.7 Å². The molecule has 1 aliphatic heterocycles. The van der Waals surface area contributed by atoms with Crippen LogP contribution in [0.3, 0.4) is 0 Å². The van der Waals surface area contributed by atoms with Crippen molar-refractivity contribution in [3.05, 3.63) is 53.6 Å². The molecule has 0 saturated carbocycles. The minimum absolute atomic E-state index is 0.173. The second-order valence-electron chi connectivity index (χ2n) is 8.28. The van der Waals surface area contributed by atoms with Crippen molar-refractivity contribution in [2.45, 2.75) is 39.8 Å². The Morgan fingerprint density at radius 3 is 2.29 bits per heavy atom. The van der Waals surface area contributed by atoms with Gasteiger partial charge in [-0.1, -0.05) is 36.8 Å². The molecule has 10 heteroatoms. The zero-order chi connectivity index (χ0) is 25.6. The van der Waals surface area contributed by atoms with Crippen molar-refractivity contribution in [3.63, 3.8) is 0 Å². The van der Waals surface area contributed by atoms with Gasteiger partial charge in [-0.15, -0.1) is 0 Å². The Morgan fingerprint density at radius 2 is 1.69 bits per heavy atom. The molecule has 0 spiro atoms. The fourth-order valence-corrected chi connectivity index (χ4v) is 4.94. The third kappa shape index (κ3) is 6.25. The molecule has 1 aliphatic rings. The molecule has 0 radical (unpaired) electrons. The largest absolute Gasteiger partial charge is 0.486 e. The molecule has 1 N–H and O–H groups in total. The predicted molar refractivity (Wildman–Crippen MR) is 134 cm³/mol. The number of amides is 2. The topological polar surface area (TPSA) is 105 Å². The molecular formula is C25H33N3O6S. The number of nitrogens with zero attached hydrogens (tertiary/aromatic N) is 2. The SMILES string of the molecule is CC[C@H](C(=O)NC)N(Cc1ccc(C)cc1)C(=O)CN(c1ccc2c(c1)OCCO2)S(=O)(=O)CC. The summed E-state index contributed by atoms with van der Waals surface area (Å²) < 4.78 is 38.3. The Kier molecular flexibility index (Phi) is 8.61. The summed E-state index contributed by atoms with van der Waals surface area (Å²) in [5.41, 5.74) is 2.21. The third-order valence-electron chi connectivity index (χ3n) is 5.90. The van der Waals surface area contributed by atoms with Crippen molar-refractivity contribution < 1.29 is 27.5 Å². The van der Waals surface area contributed by atoms with Gasteiger partial charge in [0.25, 0.3) is 0 Å². The molecule has 0 aliphatic carbocycles. The molecular weight excluding hydrogens is 470 g/mol. The highest BCUT2D eigenvalue weighted by atomic mass is 32.2. The van der Waals surface area contributed by atoms with Crippen LogP contribution in [0, 0.1) is 6.92 Å². The molecule has 190 valence electrons. The minimum Gasteiger partial charge on any atom is -0.486 e. The number of carbonyl (C=O) groups excluding carboxylic acids is 2. The van der Waals surface area contributed by atoms with Crippen LogP contribution >= 0.6 is 0 Å². The summed E-state index contributed by atoms with van der Waals surface area (Å²) in [6.07, 6.45) is 0.377. The van der Waals surface area contributed by atoms with Gasteiger partial charge in [-0.2, -0.15) is 0 Å². The highest BCUT2D eigenvalue weighted by Gasteiger charge is 2.32. The molecule has 2 aromatic carbocycles. The van der Waals surface area contributed by atoms with Crippen LogP contribution in [0.25, 0.3) is 0 Å². The monoisotopic (exact) mass is 503 g/mol. The second-order valence-corrected chi connectivity index (χ2v) is 10.5. The first-order valence-corrected chi connectivity index (χ1v) is 13.3. The number of fused-ring (bicyclic) bond motifs is 1. The van der Waals surface area contributed by atoms with Gasteiger partial charge in [0, 0.05) is 19.7 Å². The van der Waals surface area contributed by atoms with E-state index < -0.39 is 28.5 Å². The number of anilines is 1. The lowest BCUT2D eigenvalue weighted by atomic mass is 10.1. The molecule has 35 heavy (non-hydrogen) atoms. The summed E-state index contributed by atoms with van der Waals surface area (Å²) in [5, 5.41) is 2.61. The summed E-state index contributed by atoms with van der Waals surface area (Å²) in [5.74, 6) is -0.0398. The van der Waals surface area contributed by atoms with Gasteiger partial charge >= 0.3 is 0 Å². The highest BCUT2D eigenvalue weighted by molar-refractivity contribution is 7.92. The highest BCUT2D eigenvalue weighted by Crippen LogP contribution is 2.35. The van der Waals surface area contributed by atoms with Crippen LogP contribution in [0.4, 0.5) is 5.69 Å². The lowest BCUT2D eigenvalue weighted by Crippen LogP contribution is -2.52. The van der Waals surface area contributed by atoms with Crippen molar-refractivity contribution in [1.29, 1.82) is 0 Å². The molecule has 1 atom stereocenters. The number of likely N-dealkylation sites (N-methyl/N-ethyl adjacent to an activating group) is 1. The van der Waals surface area contributed by atoms with Gasteiger partial charge < -0.3 is 19.7 Å². The minimum atomic E-state index is -3.82. The van der Waals surface area contributed by atoms with Crippen molar-refractivity contribution in [2.24, 2.45) is 0 Å². The van der Waals surface area contributed by atoms with E-state index in [4.69, 9.17) is 9.47 Å². The van der Waals surface area contributed by atoms with E-state index in [1.165, 1.54) is 18.9 Å². The molecule has 1 heterocycles. The van der Waals surface area contributed by atoms with Crippen molar-refractivity contribution in [1.82, 2.24) is 10.2 Å².